The minimum atomic E-state index is -0.281. The van der Waals surface area contributed by atoms with E-state index >= 15 is 0 Å². The van der Waals surface area contributed by atoms with Gasteiger partial charge in [0, 0.05) is 5.56 Å². The normalized spacial score (nSPS) is 10.9. The Bertz CT molecular complexity index is 404. The first-order valence-electron chi connectivity index (χ1n) is 5.14. The van der Waals surface area contributed by atoms with Crippen molar-refractivity contribution in [1.82, 2.24) is 5.32 Å². The molecule has 0 atom stereocenters. The number of benzene rings is 1. The van der Waals surface area contributed by atoms with Crippen LogP contribution in [0.15, 0.2) is 16.6 Å². The van der Waals surface area contributed by atoms with E-state index in [1.54, 1.807) is 13.1 Å². The molecule has 88 valence electrons. The fraction of sp³-hybridized carbons (Fsp3) is 0.417. The molecule has 0 aliphatic heterocycles. The Hall–Kier alpha value is -0.740. The molecule has 0 aliphatic rings. The lowest BCUT2D eigenvalue weighted by Crippen LogP contribution is -2.19. The topological polar surface area (TPSA) is 29.1 Å². The fourth-order valence-electron chi connectivity index (χ4n) is 1.45. The van der Waals surface area contributed by atoms with Crippen LogP contribution >= 0.6 is 15.9 Å². The lowest BCUT2D eigenvalue weighted by Gasteiger charge is -2.11. The van der Waals surface area contributed by atoms with Crippen molar-refractivity contribution in [3.05, 3.63) is 33.5 Å². The van der Waals surface area contributed by atoms with E-state index in [4.69, 9.17) is 0 Å². The van der Waals surface area contributed by atoms with Crippen molar-refractivity contribution in [2.24, 2.45) is 0 Å². The largest absolute Gasteiger partial charge is 0.313 e. The molecule has 0 amide bonds. The summed E-state index contributed by atoms with van der Waals surface area (Å²) in [7, 11) is 1.71. The van der Waals surface area contributed by atoms with Crippen molar-refractivity contribution >= 4 is 21.7 Å². The molecule has 1 aromatic rings. The molecule has 4 heteroatoms. The summed E-state index contributed by atoms with van der Waals surface area (Å²) in [4.78, 5) is 11.7. The molecule has 1 N–H and O–H groups in total. The number of carbonyl (C=O) groups is 1. The Morgan fingerprint density at radius 2 is 2.12 bits per heavy atom. The highest BCUT2D eigenvalue weighted by Gasteiger charge is 2.15. The van der Waals surface area contributed by atoms with Gasteiger partial charge >= 0.3 is 0 Å². The summed E-state index contributed by atoms with van der Waals surface area (Å²) in [6.07, 6.45) is 0. The molecule has 0 saturated carbocycles. The third kappa shape index (κ3) is 2.89. The molecule has 0 unspecified atom stereocenters. The van der Waals surface area contributed by atoms with Gasteiger partial charge in [0.2, 0.25) is 0 Å². The van der Waals surface area contributed by atoms with Gasteiger partial charge in [0.05, 0.1) is 11.0 Å². The minimum absolute atomic E-state index is 0.0369. The van der Waals surface area contributed by atoms with Crippen LogP contribution in [0.4, 0.5) is 4.39 Å². The Morgan fingerprint density at radius 3 is 2.62 bits per heavy atom. The molecule has 0 radical (unpaired) electrons. The van der Waals surface area contributed by atoms with Crippen LogP contribution in [0.5, 0.6) is 0 Å². The molecule has 0 aliphatic carbocycles. The second-order valence-corrected chi connectivity index (χ2v) is 4.82. The average molecular weight is 288 g/mol. The smallest absolute Gasteiger partial charge is 0.176 e. The Labute approximate surface area is 103 Å². The average Bonchev–Trinajstić information content (AvgIpc) is 2.21. The third-order valence-corrected chi connectivity index (χ3v) is 2.91. The summed E-state index contributed by atoms with van der Waals surface area (Å²) in [5, 5.41) is 2.79. The number of rotatable bonds is 4. The first-order chi connectivity index (χ1) is 7.47. The second kappa shape index (κ2) is 5.55. The number of Topliss-reactive ketones (excluding diaryl/α,β-unsaturated/α-hetero) is 1. The van der Waals surface area contributed by atoms with Crippen molar-refractivity contribution in [1.29, 1.82) is 0 Å². The van der Waals surface area contributed by atoms with Crippen LogP contribution in [0.1, 0.15) is 35.7 Å². The fourth-order valence-corrected chi connectivity index (χ4v) is 1.93. The molecule has 0 aromatic heterocycles. The number of likely N-dealkylation sites (N-methyl/N-ethyl adjacent to an activating group) is 1. The quantitative estimate of drug-likeness (QED) is 0.862. The number of ketones is 1. The van der Waals surface area contributed by atoms with Crippen molar-refractivity contribution in [2.75, 3.05) is 13.6 Å². The maximum Gasteiger partial charge on any atom is 0.176 e. The van der Waals surface area contributed by atoms with Crippen molar-refractivity contribution in [3.8, 4) is 0 Å². The molecule has 1 rings (SSSR count). The first kappa shape index (κ1) is 13.3. The van der Waals surface area contributed by atoms with Gasteiger partial charge in [0.1, 0.15) is 5.82 Å². The number of hydrogen-bond acceptors (Lipinski definition) is 2. The van der Waals surface area contributed by atoms with Gasteiger partial charge in [-0.2, -0.15) is 0 Å². The van der Waals surface area contributed by atoms with Gasteiger partial charge in [0.15, 0.2) is 5.78 Å². The zero-order chi connectivity index (χ0) is 12.3. The zero-order valence-corrected chi connectivity index (χ0v) is 11.2. The molecule has 0 fully saturated rings. The van der Waals surface area contributed by atoms with Crippen LogP contribution in [-0.4, -0.2) is 19.4 Å². The molecular formula is C12H15BrFNO. The van der Waals surface area contributed by atoms with E-state index in [1.807, 2.05) is 13.8 Å². The maximum absolute atomic E-state index is 13.7. The summed E-state index contributed by atoms with van der Waals surface area (Å²) in [5.41, 5.74) is 1.10. The van der Waals surface area contributed by atoms with Crippen LogP contribution in [-0.2, 0) is 0 Å². The Balaban J connectivity index is 3.18. The Morgan fingerprint density at radius 1 is 1.50 bits per heavy atom. The van der Waals surface area contributed by atoms with E-state index < -0.39 is 0 Å². The summed E-state index contributed by atoms with van der Waals surface area (Å²) >= 11 is 3.14. The van der Waals surface area contributed by atoms with Crippen molar-refractivity contribution in [3.63, 3.8) is 0 Å². The zero-order valence-electron chi connectivity index (χ0n) is 9.60. The first-order valence-corrected chi connectivity index (χ1v) is 5.93. The lowest BCUT2D eigenvalue weighted by atomic mass is 9.98. The number of carbonyl (C=O) groups excluding carboxylic acids is 1. The summed E-state index contributed by atoms with van der Waals surface area (Å²) in [5.74, 6) is -0.264. The highest BCUT2D eigenvalue weighted by Crippen LogP contribution is 2.26. The molecule has 0 saturated heterocycles. The molecule has 0 spiro atoms. The van der Waals surface area contributed by atoms with Crippen LogP contribution in [0.2, 0.25) is 0 Å². The van der Waals surface area contributed by atoms with Crippen LogP contribution in [0, 0.1) is 5.82 Å². The van der Waals surface area contributed by atoms with Gasteiger partial charge in [-0.1, -0.05) is 13.8 Å². The van der Waals surface area contributed by atoms with Gasteiger partial charge in [-0.15, -0.1) is 0 Å². The third-order valence-electron chi connectivity index (χ3n) is 2.34. The number of halogens is 2. The molecular weight excluding hydrogens is 273 g/mol. The van der Waals surface area contributed by atoms with Gasteiger partial charge in [-0.3, -0.25) is 4.79 Å². The van der Waals surface area contributed by atoms with E-state index in [1.165, 1.54) is 6.07 Å². The molecule has 0 bridgehead atoms. The lowest BCUT2D eigenvalue weighted by molar-refractivity contribution is 0.0993. The monoisotopic (exact) mass is 287 g/mol. The van der Waals surface area contributed by atoms with Crippen LogP contribution in [0.25, 0.3) is 0 Å². The summed E-state index contributed by atoms with van der Waals surface area (Å²) in [6.45, 7) is 4.06. The van der Waals surface area contributed by atoms with E-state index in [0.717, 1.165) is 0 Å². The van der Waals surface area contributed by atoms with E-state index in [2.05, 4.69) is 21.2 Å². The van der Waals surface area contributed by atoms with Gasteiger partial charge in [-0.25, -0.2) is 4.39 Å². The standard InChI is InChI=1S/C12H15BrFNO/c1-7(2)9-4-8(11(16)6-15-3)5-10(13)12(9)14/h4-5,7,15H,6H2,1-3H3. The number of nitrogens with one attached hydrogen (secondary N) is 1. The maximum atomic E-state index is 13.7. The molecule has 0 heterocycles. The summed E-state index contributed by atoms with van der Waals surface area (Å²) in [6, 6.07) is 3.16. The Kier molecular flexibility index (Phi) is 4.62. The van der Waals surface area contributed by atoms with Gasteiger partial charge in [0.25, 0.3) is 0 Å². The van der Waals surface area contributed by atoms with Crippen LogP contribution in [0.3, 0.4) is 0 Å². The van der Waals surface area contributed by atoms with E-state index in [-0.39, 0.29) is 24.1 Å². The van der Waals surface area contributed by atoms with Crippen LogP contribution < -0.4 is 5.32 Å². The van der Waals surface area contributed by atoms with E-state index in [0.29, 0.717) is 15.6 Å². The molecule has 16 heavy (non-hydrogen) atoms. The van der Waals surface area contributed by atoms with Gasteiger partial charge < -0.3 is 5.32 Å². The molecule has 2 nitrogen and oxygen atoms in total. The summed E-state index contributed by atoms with van der Waals surface area (Å²) < 4.78 is 14.1. The highest BCUT2D eigenvalue weighted by atomic mass is 79.9. The molecule has 1 aromatic carbocycles. The van der Waals surface area contributed by atoms with Gasteiger partial charge in [-0.05, 0) is 46.6 Å². The van der Waals surface area contributed by atoms with Crippen molar-refractivity contribution < 1.29 is 9.18 Å². The predicted octanol–water partition coefficient (Wildman–Crippen LogP) is 3.11. The highest BCUT2D eigenvalue weighted by molar-refractivity contribution is 9.10. The second-order valence-electron chi connectivity index (χ2n) is 3.97. The SMILES string of the molecule is CNCC(=O)c1cc(Br)c(F)c(C(C)C)c1. The number of hydrogen-bond donors (Lipinski definition) is 1. The van der Waals surface area contributed by atoms with E-state index in [9.17, 15) is 9.18 Å². The minimum Gasteiger partial charge on any atom is -0.313 e. The van der Waals surface area contributed by atoms with Crippen molar-refractivity contribution in [2.45, 2.75) is 19.8 Å². The predicted molar refractivity (Wildman–Crippen MR) is 66.4 cm³/mol.